The second-order valence-electron chi connectivity index (χ2n) is 10.4. The molecule has 8 heteroatoms. The fraction of sp³-hybridized carbons (Fsp3) is 0.708. The van der Waals surface area contributed by atoms with Crippen LogP contribution in [0.25, 0.3) is 0 Å². The molecular formula is C24H34N2O5S. The summed E-state index contributed by atoms with van der Waals surface area (Å²) >= 11 is 1.53. The molecular weight excluding hydrogens is 428 g/mol. The highest BCUT2D eigenvalue weighted by Crippen LogP contribution is 2.65. The van der Waals surface area contributed by atoms with Crippen LogP contribution in [-0.2, 0) is 19.1 Å². The number of carbonyl (C=O) groups is 3. The van der Waals surface area contributed by atoms with Gasteiger partial charge in [-0.15, -0.1) is 11.8 Å². The fourth-order valence-corrected chi connectivity index (χ4v) is 7.98. The Bertz CT molecular complexity index is 876. The average Bonchev–Trinajstić information content (AvgIpc) is 3.02. The maximum absolute atomic E-state index is 14.1. The summed E-state index contributed by atoms with van der Waals surface area (Å²) in [5, 5.41) is 10.1. The van der Waals surface area contributed by atoms with Crippen LogP contribution in [0.3, 0.4) is 0 Å². The van der Waals surface area contributed by atoms with Crippen LogP contribution in [0.15, 0.2) is 24.3 Å². The summed E-state index contributed by atoms with van der Waals surface area (Å²) in [5.41, 5.74) is -0.436. The van der Waals surface area contributed by atoms with Gasteiger partial charge in [0.15, 0.2) is 0 Å². The summed E-state index contributed by atoms with van der Waals surface area (Å²) in [6, 6.07) is -1.27. The molecule has 1 N–H and O–H groups in total. The molecule has 2 fully saturated rings. The topological polar surface area (TPSA) is 87.2 Å². The minimum atomic E-state index is -0.899. The first-order valence-electron chi connectivity index (χ1n) is 11.5. The summed E-state index contributed by atoms with van der Waals surface area (Å²) in [6.45, 7) is 10.3. The number of thioether (sulfide) groups is 1. The van der Waals surface area contributed by atoms with E-state index in [1.165, 1.54) is 11.8 Å². The van der Waals surface area contributed by atoms with Crippen molar-refractivity contribution in [1.29, 1.82) is 0 Å². The molecule has 2 saturated heterocycles. The van der Waals surface area contributed by atoms with Crippen molar-refractivity contribution in [2.24, 2.45) is 11.8 Å². The lowest BCUT2D eigenvalue weighted by molar-refractivity contribution is -0.155. The lowest BCUT2D eigenvalue weighted by Gasteiger charge is -2.42. The van der Waals surface area contributed by atoms with E-state index < -0.39 is 39.0 Å². The van der Waals surface area contributed by atoms with Gasteiger partial charge < -0.3 is 19.6 Å². The van der Waals surface area contributed by atoms with Crippen LogP contribution in [0.2, 0.25) is 0 Å². The molecule has 0 aromatic rings. The number of carbonyl (C=O) groups excluding carboxylic acids is 3. The van der Waals surface area contributed by atoms with Gasteiger partial charge in [0.2, 0.25) is 11.8 Å². The molecule has 0 aromatic carbocycles. The molecule has 0 aromatic heterocycles. The fourth-order valence-electron chi connectivity index (χ4n) is 5.84. The third kappa shape index (κ3) is 3.24. The number of fused-ring (bicyclic) bond motifs is 2. The number of nitrogens with zero attached hydrogens (tertiary/aromatic N) is 2. The number of hydrogen-bond acceptors (Lipinski definition) is 6. The van der Waals surface area contributed by atoms with Gasteiger partial charge in [0.1, 0.15) is 6.04 Å². The number of aliphatic hydroxyl groups is 1. The van der Waals surface area contributed by atoms with E-state index in [0.717, 1.165) is 0 Å². The van der Waals surface area contributed by atoms with E-state index in [4.69, 9.17) is 4.74 Å². The minimum Gasteiger partial charge on any atom is -0.465 e. The molecule has 0 aliphatic carbocycles. The van der Waals surface area contributed by atoms with Gasteiger partial charge in [0.25, 0.3) is 0 Å². The van der Waals surface area contributed by atoms with Gasteiger partial charge in [0, 0.05) is 16.8 Å². The predicted molar refractivity (Wildman–Crippen MR) is 123 cm³/mol. The first-order chi connectivity index (χ1) is 15.0. The normalized spacial score (nSPS) is 37.9. The Hall–Kier alpha value is -1.80. The summed E-state index contributed by atoms with van der Waals surface area (Å²) in [6.07, 6.45) is 9.15. The van der Waals surface area contributed by atoms with Gasteiger partial charge in [-0.3, -0.25) is 14.4 Å². The van der Waals surface area contributed by atoms with Crippen molar-refractivity contribution in [3.05, 3.63) is 24.3 Å². The van der Waals surface area contributed by atoms with Crippen molar-refractivity contribution >= 4 is 29.5 Å². The van der Waals surface area contributed by atoms with E-state index >= 15 is 0 Å². The number of ether oxygens (including phenoxy) is 1. The van der Waals surface area contributed by atoms with Gasteiger partial charge in [-0.1, -0.05) is 31.2 Å². The number of cyclic esters (lactones) is 1. The monoisotopic (exact) mass is 462 g/mol. The number of esters is 1. The molecule has 4 heterocycles. The van der Waals surface area contributed by atoms with E-state index in [2.05, 4.69) is 0 Å². The van der Waals surface area contributed by atoms with Gasteiger partial charge in [-0.2, -0.15) is 0 Å². The lowest BCUT2D eigenvalue weighted by atomic mass is 9.74. The van der Waals surface area contributed by atoms with Crippen molar-refractivity contribution in [3.8, 4) is 0 Å². The molecule has 4 aliphatic heterocycles. The highest BCUT2D eigenvalue weighted by Gasteiger charge is 2.74. The maximum Gasteiger partial charge on any atom is 0.311 e. The molecule has 4 aliphatic rings. The van der Waals surface area contributed by atoms with Crippen molar-refractivity contribution in [2.75, 3.05) is 19.8 Å². The highest BCUT2D eigenvalue weighted by molar-refractivity contribution is 8.02. The summed E-state index contributed by atoms with van der Waals surface area (Å²) in [5.74, 6) is -2.17. The number of aliphatic hydroxyl groups excluding tert-OH is 1. The number of hydrogen-bond donors (Lipinski definition) is 1. The molecule has 6 atom stereocenters. The largest absolute Gasteiger partial charge is 0.465 e. The molecule has 0 saturated carbocycles. The Kier molecular flexibility index (Phi) is 5.77. The van der Waals surface area contributed by atoms with Gasteiger partial charge in [0.05, 0.1) is 35.8 Å². The Balaban J connectivity index is 1.93. The molecule has 176 valence electrons. The van der Waals surface area contributed by atoms with Crippen molar-refractivity contribution in [3.63, 3.8) is 0 Å². The Morgan fingerprint density at radius 1 is 1.19 bits per heavy atom. The molecule has 2 amide bonds. The van der Waals surface area contributed by atoms with Gasteiger partial charge >= 0.3 is 5.97 Å². The Morgan fingerprint density at radius 3 is 2.53 bits per heavy atom. The molecule has 0 bridgehead atoms. The van der Waals surface area contributed by atoms with E-state index in [0.29, 0.717) is 19.4 Å². The van der Waals surface area contributed by atoms with E-state index in [1.807, 2.05) is 58.9 Å². The number of likely N-dealkylation sites (tertiary alicyclic amines) is 1. The molecule has 1 unspecified atom stereocenters. The van der Waals surface area contributed by atoms with Crippen molar-refractivity contribution in [2.45, 2.75) is 74.6 Å². The Labute approximate surface area is 194 Å². The zero-order chi connectivity index (χ0) is 23.5. The quantitative estimate of drug-likeness (QED) is 0.511. The third-order valence-corrected chi connectivity index (χ3v) is 9.14. The third-order valence-electron chi connectivity index (χ3n) is 7.34. The van der Waals surface area contributed by atoms with Gasteiger partial charge in [-0.05, 0) is 40.5 Å². The average molecular weight is 463 g/mol. The zero-order valence-corrected chi connectivity index (χ0v) is 20.4. The van der Waals surface area contributed by atoms with Crippen LogP contribution >= 0.6 is 11.8 Å². The lowest BCUT2D eigenvalue weighted by Crippen LogP contribution is -2.59. The van der Waals surface area contributed by atoms with Crippen LogP contribution in [0, 0.1) is 11.8 Å². The Morgan fingerprint density at radius 2 is 1.91 bits per heavy atom. The summed E-state index contributed by atoms with van der Waals surface area (Å²) in [7, 11) is 0. The first-order valence-corrected chi connectivity index (χ1v) is 12.3. The minimum absolute atomic E-state index is 0.132. The highest BCUT2D eigenvalue weighted by atomic mass is 32.2. The van der Waals surface area contributed by atoms with E-state index in [-0.39, 0.29) is 31.0 Å². The van der Waals surface area contributed by atoms with Crippen LogP contribution in [0.1, 0.15) is 47.5 Å². The number of amides is 2. The van der Waals surface area contributed by atoms with Crippen LogP contribution in [0.4, 0.5) is 0 Å². The molecule has 0 radical (unpaired) electrons. The predicted octanol–water partition coefficient (Wildman–Crippen LogP) is 2.14. The van der Waals surface area contributed by atoms with E-state index in [1.54, 1.807) is 9.80 Å². The molecule has 32 heavy (non-hydrogen) atoms. The SMILES string of the molecule is CC[C@@H](CO)N1C(=O)[C@@H]2[C@@H]3C(=O)OCCC=C[C@]3(C)S[C@@]23C=CCN(C(C)(C)C)C(=O)C13. The van der Waals surface area contributed by atoms with Crippen LogP contribution in [-0.4, -0.2) is 79.6 Å². The van der Waals surface area contributed by atoms with Crippen molar-refractivity contribution in [1.82, 2.24) is 9.80 Å². The van der Waals surface area contributed by atoms with Crippen LogP contribution < -0.4 is 0 Å². The second-order valence-corrected chi connectivity index (χ2v) is 12.2. The summed E-state index contributed by atoms with van der Waals surface area (Å²) < 4.78 is 3.97. The molecule has 1 spiro atoms. The van der Waals surface area contributed by atoms with E-state index in [9.17, 15) is 19.5 Å². The molecule has 7 nitrogen and oxygen atoms in total. The smallest absolute Gasteiger partial charge is 0.311 e. The molecule has 4 rings (SSSR count). The van der Waals surface area contributed by atoms with Crippen molar-refractivity contribution < 1.29 is 24.2 Å². The number of rotatable bonds is 3. The first kappa shape index (κ1) is 23.4. The standard InChI is InChI=1S/C24H34N2O5S/c1-6-15(14-27)26-18-20(29)25(22(2,3)4)12-9-11-24(18)16(19(26)28)17-21(30)31-13-8-7-10-23(17,5)32-24/h7,9-11,15-18,27H,6,8,12-14H2,1-5H3/t15-,16-,17+,18?,23-,24-/m0/s1. The maximum atomic E-state index is 14.1. The summed E-state index contributed by atoms with van der Waals surface area (Å²) in [4.78, 5) is 44.7. The second kappa shape index (κ2) is 7.90. The van der Waals surface area contributed by atoms with Crippen LogP contribution in [0.5, 0.6) is 0 Å². The van der Waals surface area contributed by atoms with Gasteiger partial charge in [-0.25, -0.2) is 0 Å². The zero-order valence-electron chi connectivity index (χ0n) is 19.5.